The summed E-state index contributed by atoms with van der Waals surface area (Å²) in [6, 6.07) is 2.80. The van der Waals surface area contributed by atoms with E-state index in [4.69, 9.17) is 5.73 Å². The summed E-state index contributed by atoms with van der Waals surface area (Å²) in [6.45, 7) is 1.79. The molecular weight excluding hydrogens is 226 g/mol. The summed E-state index contributed by atoms with van der Waals surface area (Å²) in [6.07, 6.45) is -4.33. The van der Waals surface area contributed by atoms with E-state index in [0.29, 0.717) is 12.0 Å². The first-order chi connectivity index (χ1) is 7.33. The molecule has 1 aromatic carbocycles. The molecular formula is C10H11F4NO. The lowest BCUT2D eigenvalue weighted by molar-refractivity contribution is -0.275. The highest BCUT2D eigenvalue weighted by molar-refractivity contribution is 5.31. The Hall–Kier alpha value is -1.30. The minimum atomic E-state index is -4.89. The Morgan fingerprint density at radius 1 is 1.38 bits per heavy atom. The largest absolute Gasteiger partial charge is 0.573 e. The Balaban J connectivity index is 2.92. The maximum atomic E-state index is 13.2. The van der Waals surface area contributed by atoms with Gasteiger partial charge in [0, 0.05) is 6.04 Å². The summed E-state index contributed by atoms with van der Waals surface area (Å²) in [4.78, 5) is 0. The molecule has 1 atom stereocenters. The number of benzene rings is 1. The fourth-order valence-electron chi connectivity index (χ4n) is 1.19. The Bertz CT molecular complexity index is 364. The highest BCUT2D eigenvalue weighted by atomic mass is 19.4. The van der Waals surface area contributed by atoms with Crippen molar-refractivity contribution in [2.75, 3.05) is 0 Å². The predicted octanol–water partition coefficient (Wildman–Crippen LogP) is 3.13. The van der Waals surface area contributed by atoms with Crippen LogP contribution in [0.5, 0.6) is 5.75 Å². The van der Waals surface area contributed by atoms with Crippen LogP contribution in [-0.2, 0) is 0 Å². The van der Waals surface area contributed by atoms with Gasteiger partial charge in [0.2, 0.25) is 0 Å². The SMILES string of the molecule is CCC(N)c1ccc(OC(F)(F)F)c(F)c1. The van der Waals surface area contributed by atoms with Crippen molar-refractivity contribution in [1.29, 1.82) is 0 Å². The zero-order valence-corrected chi connectivity index (χ0v) is 8.51. The summed E-state index contributed by atoms with van der Waals surface area (Å²) in [7, 11) is 0. The third kappa shape index (κ3) is 3.37. The standard InChI is InChI=1S/C10H11F4NO/c1-2-8(15)6-3-4-9(7(11)5-6)16-10(12,13)14/h3-5,8H,2,15H2,1H3. The van der Waals surface area contributed by atoms with Gasteiger partial charge < -0.3 is 10.5 Å². The molecule has 16 heavy (non-hydrogen) atoms. The molecule has 1 rings (SSSR count). The summed E-state index contributed by atoms with van der Waals surface area (Å²) >= 11 is 0. The quantitative estimate of drug-likeness (QED) is 0.819. The second-order valence-corrected chi connectivity index (χ2v) is 3.25. The van der Waals surface area contributed by atoms with Crippen LogP contribution in [0.1, 0.15) is 24.9 Å². The molecule has 0 fully saturated rings. The van der Waals surface area contributed by atoms with E-state index < -0.39 is 24.0 Å². The van der Waals surface area contributed by atoms with Crippen molar-refractivity contribution in [3.05, 3.63) is 29.6 Å². The molecule has 0 aliphatic carbocycles. The van der Waals surface area contributed by atoms with Crippen LogP contribution in [0.2, 0.25) is 0 Å². The zero-order chi connectivity index (χ0) is 12.3. The molecule has 0 bridgehead atoms. The number of hydrogen-bond donors (Lipinski definition) is 1. The van der Waals surface area contributed by atoms with Crippen molar-refractivity contribution in [2.45, 2.75) is 25.7 Å². The first-order valence-corrected chi connectivity index (χ1v) is 4.64. The molecule has 0 saturated carbocycles. The van der Waals surface area contributed by atoms with Gasteiger partial charge in [-0.2, -0.15) is 0 Å². The van der Waals surface area contributed by atoms with E-state index in [1.54, 1.807) is 6.92 Å². The van der Waals surface area contributed by atoms with Crippen LogP contribution >= 0.6 is 0 Å². The van der Waals surface area contributed by atoms with Crippen LogP contribution in [0.15, 0.2) is 18.2 Å². The molecule has 2 N–H and O–H groups in total. The molecule has 0 spiro atoms. The number of rotatable bonds is 3. The van der Waals surface area contributed by atoms with Gasteiger partial charge in [0.15, 0.2) is 11.6 Å². The number of halogens is 4. The van der Waals surface area contributed by atoms with E-state index in [9.17, 15) is 17.6 Å². The lowest BCUT2D eigenvalue weighted by atomic mass is 10.1. The van der Waals surface area contributed by atoms with Crippen LogP contribution in [-0.4, -0.2) is 6.36 Å². The Morgan fingerprint density at radius 3 is 2.44 bits per heavy atom. The number of nitrogens with two attached hydrogens (primary N) is 1. The topological polar surface area (TPSA) is 35.2 Å². The lowest BCUT2D eigenvalue weighted by Gasteiger charge is -2.13. The van der Waals surface area contributed by atoms with Gasteiger partial charge in [-0.15, -0.1) is 13.2 Å². The smallest absolute Gasteiger partial charge is 0.403 e. The van der Waals surface area contributed by atoms with Crippen LogP contribution in [0.25, 0.3) is 0 Å². The molecule has 0 aromatic heterocycles. The van der Waals surface area contributed by atoms with Crippen molar-refractivity contribution in [3.8, 4) is 5.75 Å². The molecule has 0 aliphatic rings. The Labute approximate surface area is 90.0 Å². The minimum absolute atomic E-state index is 0.394. The van der Waals surface area contributed by atoms with Gasteiger partial charge in [0.1, 0.15) is 0 Å². The van der Waals surface area contributed by atoms with E-state index >= 15 is 0 Å². The molecule has 1 unspecified atom stereocenters. The summed E-state index contributed by atoms with van der Waals surface area (Å²) < 4.78 is 52.2. The zero-order valence-electron chi connectivity index (χ0n) is 8.51. The molecule has 90 valence electrons. The molecule has 0 aliphatic heterocycles. The summed E-state index contributed by atoms with van der Waals surface area (Å²) in [5, 5.41) is 0. The highest BCUT2D eigenvalue weighted by Gasteiger charge is 2.32. The van der Waals surface area contributed by atoms with E-state index in [1.807, 2.05) is 0 Å². The first kappa shape index (κ1) is 12.8. The van der Waals surface area contributed by atoms with Crippen LogP contribution < -0.4 is 10.5 Å². The van der Waals surface area contributed by atoms with Gasteiger partial charge in [-0.3, -0.25) is 0 Å². The van der Waals surface area contributed by atoms with E-state index in [1.165, 1.54) is 6.07 Å². The third-order valence-corrected chi connectivity index (χ3v) is 2.05. The van der Waals surface area contributed by atoms with Crippen LogP contribution in [0.4, 0.5) is 17.6 Å². The number of hydrogen-bond acceptors (Lipinski definition) is 2. The van der Waals surface area contributed by atoms with Gasteiger partial charge in [-0.1, -0.05) is 13.0 Å². The molecule has 1 aromatic rings. The van der Waals surface area contributed by atoms with Crippen LogP contribution in [0.3, 0.4) is 0 Å². The fraction of sp³-hybridized carbons (Fsp3) is 0.400. The second kappa shape index (κ2) is 4.69. The van der Waals surface area contributed by atoms with Crippen molar-refractivity contribution in [3.63, 3.8) is 0 Å². The van der Waals surface area contributed by atoms with Gasteiger partial charge >= 0.3 is 6.36 Å². The highest BCUT2D eigenvalue weighted by Crippen LogP contribution is 2.27. The maximum absolute atomic E-state index is 13.2. The van der Waals surface area contributed by atoms with Gasteiger partial charge in [-0.25, -0.2) is 4.39 Å². The summed E-state index contributed by atoms with van der Waals surface area (Å²) in [5.41, 5.74) is 6.05. The average molecular weight is 237 g/mol. The van der Waals surface area contributed by atoms with Gasteiger partial charge in [0.25, 0.3) is 0 Å². The van der Waals surface area contributed by atoms with Crippen molar-refractivity contribution in [1.82, 2.24) is 0 Å². The molecule has 0 amide bonds. The maximum Gasteiger partial charge on any atom is 0.573 e. The normalized spacial score (nSPS) is 13.6. The molecule has 6 heteroatoms. The van der Waals surface area contributed by atoms with Crippen molar-refractivity contribution in [2.24, 2.45) is 5.73 Å². The van der Waals surface area contributed by atoms with Crippen LogP contribution in [0, 0.1) is 5.82 Å². The van der Waals surface area contributed by atoms with Crippen molar-refractivity contribution < 1.29 is 22.3 Å². The minimum Gasteiger partial charge on any atom is -0.403 e. The van der Waals surface area contributed by atoms with Gasteiger partial charge in [-0.05, 0) is 24.1 Å². The Morgan fingerprint density at radius 2 is 2.00 bits per heavy atom. The fourth-order valence-corrected chi connectivity index (χ4v) is 1.19. The Kier molecular flexibility index (Phi) is 3.74. The third-order valence-electron chi connectivity index (χ3n) is 2.05. The average Bonchev–Trinajstić information content (AvgIpc) is 2.18. The van der Waals surface area contributed by atoms with Gasteiger partial charge in [0.05, 0.1) is 0 Å². The first-order valence-electron chi connectivity index (χ1n) is 4.64. The second-order valence-electron chi connectivity index (χ2n) is 3.25. The van der Waals surface area contributed by atoms with E-state index in [0.717, 1.165) is 12.1 Å². The lowest BCUT2D eigenvalue weighted by Crippen LogP contribution is -2.18. The summed E-state index contributed by atoms with van der Waals surface area (Å²) in [5.74, 6) is -1.92. The molecule has 2 nitrogen and oxygen atoms in total. The molecule has 0 radical (unpaired) electrons. The van der Waals surface area contributed by atoms with E-state index in [2.05, 4.69) is 4.74 Å². The number of alkyl halides is 3. The van der Waals surface area contributed by atoms with Crippen molar-refractivity contribution >= 4 is 0 Å². The van der Waals surface area contributed by atoms with E-state index in [-0.39, 0.29) is 0 Å². The number of ether oxygens (including phenoxy) is 1. The predicted molar refractivity (Wildman–Crippen MR) is 50.3 cm³/mol. The molecule has 0 saturated heterocycles. The molecule has 0 heterocycles. The monoisotopic (exact) mass is 237 g/mol.